The second-order valence-corrected chi connectivity index (χ2v) is 6.99. The van der Waals surface area contributed by atoms with Gasteiger partial charge < -0.3 is 14.7 Å². The highest BCUT2D eigenvalue weighted by atomic mass is 16.2. The number of nitrogens with zero attached hydrogens (tertiary/aromatic N) is 6. The van der Waals surface area contributed by atoms with Crippen LogP contribution in [0.4, 0.5) is 5.82 Å². The third kappa shape index (κ3) is 3.92. The van der Waals surface area contributed by atoms with Crippen molar-refractivity contribution in [3.05, 3.63) is 30.7 Å². The van der Waals surface area contributed by atoms with Crippen molar-refractivity contribution in [3.63, 3.8) is 0 Å². The lowest BCUT2D eigenvalue weighted by Gasteiger charge is -2.43. The Bertz CT molecular complexity index is 774. The molecule has 27 heavy (non-hydrogen) atoms. The van der Waals surface area contributed by atoms with E-state index in [1.54, 1.807) is 11.1 Å². The molecule has 0 N–H and O–H groups in total. The van der Waals surface area contributed by atoms with Crippen molar-refractivity contribution >= 4 is 17.6 Å². The number of likely N-dealkylation sites (tertiary alicyclic amines) is 1. The van der Waals surface area contributed by atoms with Crippen LogP contribution in [0.2, 0.25) is 0 Å². The number of carbonyl (C=O) groups is 2. The second-order valence-electron chi connectivity index (χ2n) is 6.99. The van der Waals surface area contributed by atoms with E-state index in [0.29, 0.717) is 44.2 Å². The molecule has 1 aromatic heterocycles. The largest absolute Gasteiger partial charge is 0.350 e. The summed E-state index contributed by atoms with van der Waals surface area (Å²) in [7, 11) is 0. The van der Waals surface area contributed by atoms with Gasteiger partial charge in [-0.1, -0.05) is 6.58 Å². The van der Waals surface area contributed by atoms with Gasteiger partial charge >= 0.3 is 0 Å². The maximum absolute atomic E-state index is 13.0. The van der Waals surface area contributed by atoms with Crippen LogP contribution >= 0.6 is 0 Å². The molecule has 0 saturated carbocycles. The lowest BCUT2D eigenvalue weighted by atomic mass is 9.95. The molecule has 2 saturated heterocycles. The highest BCUT2D eigenvalue weighted by molar-refractivity contribution is 5.88. The number of hydrogen-bond donors (Lipinski definition) is 0. The van der Waals surface area contributed by atoms with Gasteiger partial charge in [-0.05, 0) is 25.8 Å². The molecule has 0 spiro atoms. The lowest BCUT2D eigenvalue weighted by molar-refractivity contribution is -0.141. The molecule has 0 aromatic carbocycles. The van der Waals surface area contributed by atoms with Crippen molar-refractivity contribution in [1.29, 1.82) is 5.26 Å². The summed E-state index contributed by atoms with van der Waals surface area (Å²) >= 11 is 0. The Labute approximate surface area is 159 Å². The molecule has 2 fully saturated rings. The van der Waals surface area contributed by atoms with Crippen LogP contribution in [0, 0.1) is 17.2 Å². The maximum atomic E-state index is 13.0. The second kappa shape index (κ2) is 8.16. The first kappa shape index (κ1) is 18.8. The third-order valence-corrected chi connectivity index (χ3v) is 5.25. The predicted octanol–water partition coefficient (Wildman–Crippen LogP) is 0.810. The Morgan fingerprint density at radius 2 is 2.04 bits per heavy atom. The average molecular weight is 368 g/mol. The average Bonchev–Trinajstić information content (AvgIpc) is 2.72. The van der Waals surface area contributed by atoms with Gasteiger partial charge in [0.15, 0.2) is 11.5 Å². The number of rotatable bonds is 3. The Balaban J connectivity index is 1.66. The van der Waals surface area contributed by atoms with Crippen LogP contribution in [0.3, 0.4) is 0 Å². The Hall–Kier alpha value is -2.95. The molecule has 1 aromatic rings. The molecular formula is C19H24N6O2. The molecule has 8 heteroatoms. The van der Waals surface area contributed by atoms with Crippen LogP contribution < -0.4 is 4.90 Å². The predicted molar refractivity (Wildman–Crippen MR) is 99.6 cm³/mol. The van der Waals surface area contributed by atoms with Gasteiger partial charge in [-0.25, -0.2) is 9.97 Å². The van der Waals surface area contributed by atoms with Gasteiger partial charge in [-0.15, -0.1) is 0 Å². The monoisotopic (exact) mass is 368 g/mol. The van der Waals surface area contributed by atoms with Crippen molar-refractivity contribution in [2.24, 2.45) is 5.92 Å². The number of piperidine rings is 1. The Morgan fingerprint density at radius 3 is 2.74 bits per heavy atom. The molecule has 2 amide bonds. The van der Waals surface area contributed by atoms with E-state index in [1.165, 1.54) is 12.3 Å². The first-order valence-electron chi connectivity index (χ1n) is 9.23. The smallest absolute Gasteiger partial charge is 0.245 e. The molecule has 0 aliphatic carbocycles. The van der Waals surface area contributed by atoms with Gasteiger partial charge in [0.1, 0.15) is 6.07 Å². The van der Waals surface area contributed by atoms with Crippen LogP contribution in [0.1, 0.15) is 25.5 Å². The number of carbonyl (C=O) groups excluding carboxylic acids is 2. The van der Waals surface area contributed by atoms with E-state index >= 15 is 0 Å². The standard InChI is InChI=1S/C19H24N6O2/c1-3-17(26)23-8-4-5-15(13-23)19(27)25-10-9-24(12-14(25)2)18-16(11-20)21-6-7-22-18/h3,6-7,14-15H,1,4-5,8-10,12-13H2,2H3. The van der Waals surface area contributed by atoms with Crippen molar-refractivity contribution in [3.8, 4) is 6.07 Å². The van der Waals surface area contributed by atoms with Crippen molar-refractivity contribution < 1.29 is 9.59 Å². The fourth-order valence-electron chi connectivity index (χ4n) is 3.86. The minimum absolute atomic E-state index is 0.00900. The molecule has 0 bridgehead atoms. The van der Waals surface area contributed by atoms with Crippen molar-refractivity contribution in [1.82, 2.24) is 19.8 Å². The summed E-state index contributed by atoms with van der Waals surface area (Å²) in [4.78, 5) is 38.9. The van der Waals surface area contributed by atoms with Gasteiger partial charge in [0, 0.05) is 51.2 Å². The zero-order valence-electron chi connectivity index (χ0n) is 15.5. The van der Waals surface area contributed by atoms with Crippen LogP contribution in [-0.2, 0) is 9.59 Å². The summed E-state index contributed by atoms with van der Waals surface area (Å²) in [5.41, 5.74) is 0.301. The van der Waals surface area contributed by atoms with E-state index in [-0.39, 0.29) is 23.8 Å². The van der Waals surface area contributed by atoms with Crippen molar-refractivity contribution in [2.75, 3.05) is 37.6 Å². The topological polar surface area (TPSA) is 93.4 Å². The van der Waals surface area contributed by atoms with E-state index in [9.17, 15) is 14.9 Å². The fourth-order valence-corrected chi connectivity index (χ4v) is 3.86. The number of piperazine rings is 1. The van der Waals surface area contributed by atoms with Crippen LogP contribution in [0.25, 0.3) is 0 Å². The lowest BCUT2D eigenvalue weighted by Crippen LogP contribution is -2.57. The van der Waals surface area contributed by atoms with E-state index in [0.717, 1.165) is 12.8 Å². The molecule has 2 aliphatic heterocycles. The molecule has 2 unspecified atom stereocenters. The zero-order valence-corrected chi connectivity index (χ0v) is 15.5. The van der Waals surface area contributed by atoms with Gasteiger partial charge in [0.25, 0.3) is 0 Å². The molecule has 3 heterocycles. The quantitative estimate of drug-likeness (QED) is 0.733. The summed E-state index contributed by atoms with van der Waals surface area (Å²) in [6.45, 7) is 8.44. The molecule has 8 nitrogen and oxygen atoms in total. The van der Waals surface area contributed by atoms with Gasteiger partial charge in [-0.3, -0.25) is 9.59 Å². The number of amides is 2. The first-order valence-corrected chi connectivity index (χ1v) is 9.23. The third-order valence-electron chi connectivity index (χ3n) is 5.25. The summed E-state index contributed by atoms with van der Waals surface area (Å²) in [5.74, 6) is 0.391. The van der Waals surface area contributed by atoms with E-state index < -0.39 is 0 Å². The molecule has 3 rings (SSSR count). The molecule has 0 radical (unpaired) electrons. The van der Waals surface area contributed by atoms with Crippen LogP contribution in [-0.4, -0.2) is 70.3 Å². The fraction of sp³-hybridized carbons (Fsp3) is 0.526. The molecule has 2 aliphatic rings. The highest BCUT2D eigenvalue weighted by Crippen LogP contribution is 2.24. The molecule has 2 atom stereocenters. The minimum atomic E-state index is -0.164. The number of hydrogen-bond acceptors (Lipinski definition) is 6. The summed E-state index contributed by atoms with van der Waals surface area (Å²) in [6.07, 6.45) is 6.02. The molecule has 142 valence electrons. The highest BCUT2D eigenvalue weighted by Gasteiger charge is 2.35. The van der Waals surface area contributed by atoms with Gasteiger partial charge in [0.05, 0.1) is 5.92 Å². The summed E-state index contributed by atoms with van der Waals surface area (Å²) < 4.78 is 0. The van der Waals surface area contributed by atoms with Gasteiger partial charge in [-0.2, -0.15) is 5.26 Å². The van der Waals surface area contributed by atoms with E-state index in [4.69, 9.17) is 0 Å². The number of anilines is 1. The van der Waals surface area contributed by atoms with Crippen molar-refractivity contribution in [2.45, 2.75) is 25.8 Å². The van der Waals surface area contributed by atoms with Crippen LogP contribution in [0.5, 0.6) is 0 Å². The summed E-state index contributed by atoms with van der Waals surface area (Å²) in [5, 5.41) is 9.23. The Kier molecular flexibility index (Phi) is 5.69. The SMILES string of the molecule is C=CC(=O)N1CCCC(C(=O)N2CCN(c3nccnc3C#N)CC2C)C1. The van der Waals surface area contributed by atoms with E-state index in [2.05, 4.69) is 22.6 Å². The first-order chi connectivity index (χ1) is 13.0. The normalized spacial score (nSPS) is 22.9. The number of nitriles is 1. The summed E-state index contributed by atoms with van der Waals surface area (Å²) in [6, 6.07) is 2.06. The number of aromatic nitrogens is 2. The minimum Gasteiger partial charge on any atom is -0.350 e. The maximum Gasteiger partial charge on any atom is 0.245 e. The zero-order chi connectivity index (χ0) is 19.4. The van der Waals surface area contributed by atoms with E-state index in [1.807, 2.05) is 16.7 Å². The van der Waals surface area contributed by atoms with Crippen LogP contribution in [0.15, 0.2) is 25.0 Å². The van der Waals surface area contributed by atoms with Gasteiger partial charge in [0.2, 0.25) is 11.8 Å². The molecular weight excluding hydrogens is 344 g/mol. The Morgan fingerprint density at radius 1 is 1.26 bits per heavy atom.